The van der Waals surface area contributed by atoms with E-state index in [1.165, 1.54) is 19.3 Å². The van der Waals surface area contributed by atoms with Gasteiger partial charge in [0.15, 0.2) is 5.78 Å². The largest absolute Gasteiger partial charge is 0.494 e. The molecule has 0 aliphatic rings. The maximum atomic E-state index is 12.3. The fraction of sp³-hybridized carbons (Fsp3) is 0.350. The van der Waals surface area contributed by atoms with Crippen molar-refractivity contribution >= 4 is 5.78 Å². The van der Waals surface area contributed by atoms with Crippen molar-refractivity contribution in [3.63, 3.8) is 0 Å². The summed E-state index contributed by atoms with van der Waals surface area (Å²) in [6.45, 7) is 1.81. The summed E-state index contributed by atoms with van der Waals surface area (Å²) in [6, 6.07) is 16.7. The first-order chi connectivity index (χ1) is 11.3. The molecule has 0 bridgehead atoms. The highest BCUT2D eigenvalue weighted by Gasteiger charge is 2.08. The zero-order chi connectivity index (χ0) is 16.3. The molecule has 0 aliphatic heterocycles. The van der Waals surface area contributed by atoms with Gasteiger partial charge in [-0.1, -0.05) is 43.2 Å². The van der Waals surface area contributed by atoms with Crippen LogP contribution in [0, 0.1) is 0 Å². The number of nitrogens with one attached hydrogen (secondary N) is 1. The number of rotatable bonds is 10. The maximum absolute atomic E-state index is 12.3. The molecule has 0 aromatic heterocycles. The van der Waals surface area contributed by atoms with Gasteiger partial charge in [-0.15, -0.1) is 0 Å². The van der Waals surface area contributed by atoms with Crippen LogP contribution in [0.2, 0.25) is 0 Å². The van der Waals surface area contributed by atoms with E-state index in [0.29, 0.717) is 11.1 Å². The van der Waals surface area contributed by atoms with Gasteiger partial charge in [0, 0.05) is 11.1 Å². The fourth-order valence-electron chi connectivity index (χ4n) is 2.41. The lowest BCUT2D eigenvalue weighted by Crippen LogP contribution is -2.07. The van der Waals surface area contributed by atoms with E-state index in [-0.39, 0.29) is 5.78 Å². The van der Waals surface area contributed by atoms with E-state index in [1.807, 2.05) is 61.6 Å². The summed E-state index contributed by atoms with van der Waals surface area (Å²) in [5.41, 5.74) is 1.40. The molecule has 0 unspecified atom stereocenters. The third-order valence-corrected chi connectivity index (χ3v) is 3.74. The monoisotopic (exact) mass is 311 g/mol. The molecular formula is C20H25NO2. The predicted octanol–water partition coefficient (Wildman–Crippen LogP) is 4.08. The SMILES string of the molecule is CNCCCCCCOc1ccc(C(=O)c2ccccc2)cc1. The van der Waals surface area contributed by atoms with E-state index < -0.39 is 0 Å². The number of hydrogen-bond donors (Lipinski definition) is 1. The highest BCUT2D eigenvalue weighted by molar-refractivity contribution is 6.08. The summed E-state index contributed by atoms with van der Waals surface area (Å²) in [5, 5.41) is 3.15. The Morgan fingerprint density at radius 1 is 0.870 bits per heavy atom. The van der Waals surface area contributed by atoms with E-state index >= 15 is 0 Å². The Morgan fingerprint density at radius 3 is 2.22 bits per heavy atom. The van der Waals surface area contributed by atoms with Gasteiger partial charge in [0.2, 0.25) is 0 Å². The highest BCUT2D eigenvalue weighted by Crippen LogP contribution is 2.16. The van der Waals surface area contributed by atoms with Gasteiger partial charge in [-0.2, -0.15) is 0 Å². The van der Waals surface area contributed by atoms with Crippen LogP contribution in [-0.4, -0.2) is 26.0 Å². The third-order valence-electron chi connectivity index (χ3n) is 3.74. The molecule has 0 fully saturated rings. The molecule has 3 heteroatoms. The molecule has 0 saturated carbocycles. The molecular weight excluding hydrogens is 286 g/mol. The Hall–Kier alpha value is -2.13. The van der Waals surface area contributed by atoms with Gasteiger partial charge in [0.05, 0.1) is 6.61 Å². The normalized spacial score (nSPS) is 10.5. The first-order valence-corrected chi connectivity index (χ1v) is 8.28. The van der Waals surface area contributed by atoms with Crippen LogP contribution in [0.1, 0.15) is 41.6 Å². The van der Waals surface area contributed by atoms with Crippen LogP contribution in [0.5, 0.6) is 5.75 Å². The number of carbonyl (C=O) groups excluding carboxylic acids is 1. The van der Waals surface area contributed by atoms with Crippen molar-refractivity contribution in [1.29, 1.82) is 0 Å². The molecule has 23 heavy (non-hydrogen) atoms. The molecule has 0 saturated heterocycles. The minimum absolute atomic E-state index is 0.0432. The number of unbranched alkanes of at least 4 members (excludes halogenated alkanes) is 3. The molecule has 0 heterocycles. The number of ketones is 1. The second-order valence-corrected chi connectivity index (χ2v) is 5.59. The van der Waals surface area contributed by atoms with Crippen LogP contribution >= 0.6 is 0 Å². The number of hydrogen-bond acceptors (Lipinski definition) is 3. The van der Waals surface area contributed by atoms with Crippen molar-refractivity contribution in [2.45, 2.75) is 25.7 Å². The lowest BCUT2D eigenvalue weighted by molar-refractivity contribution is 0.103. The summed E-state index contributed by atoms with van der Waals surface area (Å²) in [5.74, 6) is 0.867. The lowest BCUT2D eigenvalue weighted by atomic mass is 10.0. The van der Waals surface area contributed by atoms with E-state index in [2.05, 4.69) is 5.32 Å². The number of ether oxygens (including phenoxy) is 1. The lowest BCUT2D eigenvalue weighted by Gasteiger charge is -2.07. The van der Waals surface area contributed by atoms with Crippen LogP contribution in [-0.2, 0) is 0 Å². The van der Waals surface area contributed by atoms with Crippen LogP contribution in [0.3, 0.4) is 0 Å². The molecule has 1 N–H and O–H groups in total. The molecule has 0 aliphatic carbocycles. The van der Waals surface area contributed by atoms with Crippen LogP contribution in [0.25, 0.3) is 0 Å². The van der Waals surface area contributed by atoms with E-state index in [1.54, 1.807) is 0 Å². The molecule has 2 rings (SSSR count). The van der Waals surface area contributed by atoms with Gasteiger partial charge in [0.25, 0.3) is 0 Å². The minimum Gasteiger partial charge on any atom is -0.494 e. The summed E-state index contributed by atoms with van der Waals surface area (Å²) in [7, 11) is 1.98. The van der Waals surface area contributed by atoms with Crippen LogP contribution < -0.4 is 10.1 Å². The average molecular weight is 311 g/mol. The van der Waals surface area contributed by atoms with Gasteiger partial charge in [-0.3, -0.25) is 4.79 Å². The van der Waals surface area contributed by atoms with Crippen molar-refractivity contribution < 1.29 is 9.53 Å². The molecule has 2 aromatic rings. The number of carbonyl (C=O) groups is 1. The number of benzene rings is 2. The predicted molar refractivity (Wildman–Crippen MR) is 94.2 cm³/mol. The Balaban J connectivity index is 1.75. The second kappa shape index (κ2) is 9.80. The summed E-state index contributed by atoms with van der Waals surface area (Å²) in [4.78, 5) is 12.3. The van der Waals surface area contributed by atoms with Crippen molar-refractivity contribution in [3.05, 3.63) is 65.7 Å². The minimum atomic E-state index is 0.0432. The van der Waals surface area contributed by atoms with Crippen molar-refractivity contribution in [1.82, 2.24) is 5.32 Å². The van der Waals surface area contributed by atoms with Gasteiger partial charge in [-0.05, 0) is 50.7 Å². The van der Waals surface area contributed by atoms with E-state index in [0.717, 1.165) is 25.3 Å². The smallest absolute Gasteiger partial charge is 0.193 e. The Labute approximate surface area is 138 Å². The van der Waals surface area contributed by atoms with Crippen molar-refractivity contribution in [2.24, 2.45) is 0 Å². The maximum Gasteiger partial charge on any atom is 0.193 e. The summed E-state index contributed by atoms with van der Waals surface area (Å²) < 4.78 is 5.73. The van der Waals surface area contributed by atoms with E-state index in [9.17, 15) is 4.79 Å². The Kier molecular flexibility index (Phi) is 7.34. The van der Waals surface area contributed by atoms with Crippen molar-refractivity contribution in [3.8, 4) is 5.75 Å². The zero-order valence-electron chi connectivity index (χ0n) is 13.8. The van der Waals surface area contributed by atoms with Gasteiger partial charge in [-0.25, -0.2) is 0 Å². The van der Waals surface area contributed by atoms with E-state index in [4.69, 9.17) is 4.74 Å². The zero-order valence-corrected chi connectivity index (χ0v) is 13.8. The molecule has 0 spiro atoms. The highest BCUT2D eigenvalue weighted by atomic mass is 16.5. The topological polar surface area (TPSA) is 38.3 Å². The summed E-state index contributed by atoms with van der Waals surface area (Å²) in [6.07, 6.45) is 4.70. The van der Waals surface area contributed by atoms with Crippen molar-refractivity contribution in [2.75, 3.05) is 20.2 Å². The quantitative estimate of drug-likeness (QED) is 0.531. The average Bonchev–Trinajstić information content (AvgIpc) is 2.61. The first kappa shape index (κ1) is 17.2. The molecule has 0 radical (unpaired) electrons. The standard InChI is InChI=1S/C20H25NO2/c1-21-15-7-2-3-8-16-23-19-13-11-18(12-14-19)20(22)17-9-5-4-6-10-17/h4-6,9-14,21H,2-3,7-8,15-16H2,1H3. The molecule has 0 atom stereocenters. The Morgan fingerprint density at radius 2 is 1.52 bits per heavy atom. The Bertz CT molecular complexity index is 578. The third kappa shape index (κ3) is 5.87. The molecule has 122 valence electrons. The first-order valence-electron chi connectivity index (χ1n) is 8.28. The molecule has 0 amide bonds. The molecule has 2 aromatic carbocycles. The van der Waals surface area contributed by atoms with Crippen LogP contribution in [0.4, 0.5) is 0 Å². The fourth-order valence-corrected chi connectivity index (χ4v) is 2.41. The van der Waals surface area contributed by atoms with Gasteiger partial charge < -0.3 is 10.1 Å². The van der Waals surface area contributed by atoms with Gasteiger partial charge >= 0.3 is 0 Å². The van der Waals surface area contributed by atoms with Crippen LogP contribution in [0.15, 0.2) is 54.6 Å². The second-order valence-electron chi connectivity index (χ2n) is 5.59. The summed E-state index contributed by atoms with van der Waals surface area (Å²) >= 11 is 0. The molecule has 3 nitrogen and oxygen atoms in total. The van der Waals surface area contributed by atoms with Gasteiger partial charge in [0.1, 0.15) is 5.75 Å².